The standard InChI is InChI=1S/C17H21N3O3S/c1-2-23-17(22)14-10-18-20-8-7-12(9-15(14)20)19-16(21)11-24-13-5-3-4-6-13/h7-10,13H,2-6,11H2,1H3,(H,19,21). The first-order chi connectivity index (χ1) is 11.7. The number of carbonyl (C=O) groups excluding carboxylic acids is 2. The van der Waals surface area contributed by atoms with E-state index >= 15 is 0 Å². The molecule has 1 amide bonds. The summed E-state index contributed by atoms with van der Waals surface area (Å²) < 4.78 is 6.62. The lowest BCUT2D eigenvalue weighted by Crippen LogP contribution is -2.16. The van der Waals surface area contributed by atoms with Crippen molar-refractivity contribution in [3.8, 4) is 0 Å². The Balaban J connectivity index is 1.66. The van der Waals surface area contributed by atoms with E-state index in [1.807, 2.05) is 0 Å². The zero-order valence-electron chi connectivity index (χ0n) is 13.7. The smallest absolute Gasteiger partial charge is 0.341 e. The molecule has 1 aliphatic carbocycles. The maximum absolute atomic E-state index is 12.1. The van der Waals surface area contributed by atoms with E-state index in [4.69, 9.17) is 4.74 Å². The molecule has 0 saturated heterocycles. The van der Waals surface area contributed by atoms with Crippen LogP contribution in [0, 0.1) is 0 Å². The Hall–Kier alpha value is -2.02. The quantitative estimate of drug-likeness (QED) is 0.813. The maximum atomic E-state index is 12.1. The van der Waals surface area contributed by atoms with Gasteiger partial charge in [-0.1, -0.05) is 12.8 Å². The average molecular weight is 347 g/mol. The lowest BCUT2D eigenvalue weighted by atomic mass is 10.2. The Morgan fingerprint density at radius 2 is 2.21 bits per heavy atom. The summed E-state index contributed by atoms with van der Waals surface area (Å²) in [4.78, 5) is 24.1. The fraction of sp³-hybridized carbons (Fsp3) is 0.471. The summed E-state index contributed by atoms with van der Waals surface area (Å²) >= 11 is 1.73. The Morgan fingerprint density at radius 1 is 1.42 bits per heavy atom. The number of carbonyl (C=O) groups is 2. The number of hydrogen-bond acceptors (Lipinski definition) is 5. The van der Waals surface area contributed by atoms with Crippen molar-refractivity contribution in [1.29, 1.82) is 0 Å². The molecule has 2 aromatic heterocycles. The van der Waals surface area contributed by atoms with Crippen LogP contribution >= 0.6 is 11.8 Å². The molecule has 1 saturated carbocycles. The number of pyridine rings is 1. The first kappa shape index (κ1) is 16.8. The highest BCUT2D eigenvalue weighted by Crippen LogP contribution is 2.29. The van der Waals surface area contributed by atoms with Crippen molar-refractivity contribution in [2.24, 2.45) is 0 Å². The molecule has 0 spiro atoms. The molecule has 0 aliphatic heterocycles. The number of anilines is 1. The molecule has 0 atom stereocenters. The highest BCUT2D eigenvalue weighted by molar-refractivity contribution is 8.00. The Labute approximate surface area is 144 Å². The molecule has 1 fully saturated rings. The number of amides is 1. The lowest BCUT2D eigenvalue weighted by Gasteiger charge is -2.09. The number of aromatic nitrogens is 2. The van der Waals surface area contributed by atoms with Gasteiger partial charge < -0.3 is 10.1 Å². The molecule has 0 aromatic carbocycles. The number of nitrogens with zero attached hydrogens (tertiary/aromatic N) is 2. The zero-order valence-corrected chi connectivity index (χ0v) is 14.5. The van der Waals surface area contributed by atoms with E-state index in [1.165, 1.54) is 31.9 Å². The van der Waals surface area contributed by atoms with Gasteiger partial charge in [0.15, 0.2) is 0 Å². The number of ether oxygens (including phenoxy) is 1. The predicted molar refractivity (Wildman–Crippen MR) is 94.5 cm³/mol. The first-order valence-corrected chi connectivity index (χ1v) is 9.28. The third-order valence-corrected chi connectivity index (χ3v) is 5.42. The third-order valence-electron chi connectivity index (χ3n) is 4.05. The van der Waals surface area contributed by atoms with Gasteiger partial charge in [0.2, 0.25) is 5.91 Å². The second-order valence-corrected chi connectivity index (χ2v) is 7.08. The van der Waals surface area contributed by atoms with Gasteiger partial charge in [0.05, 0.1) is 24.1 Å². The molecule has 128 valence electrons. The monoisotopic (exact) mass is 347 g/mol. The van der Waals surface area contributed by atoms with E-state index < -0.39 is 5.97 Å². The van der Waals surface area contributed by atoms with Crippen LogP contribution in [0.3, 0.4) is 0 Å². The minimum Gasteiger partial charge on any atom is -0.462 e. The van der Waals surface area contributed by atoms with Gasteiger partial charge in [-0.15, -0.1) is 11.8 Å². The first-order valence-electron chi connectivity index (χ1n) is 8.23. The van der Waals surface area contributed by atoms with E-state index in [1.54, 1.807) is 41.5 Å². The highest BCUT2D eigenvalue weighted by Gasteiger charge is 2.17. The fourth-order valence-electron chi connectivity index (χ4n) is 2.87. The maximum Gasteiger partial charge on any atom is 0.341 e. The van der Waals surface area contributed by atoms with Crippen molar-refractivity contribution in [2.75, 3.05) is 17.7 Å². The summed E-state index contributed by atoms with van der Waals surface area (Å²) in [6, 6.07) is 3.52. The van der Waals surface area contributed by atoms with E-state index in [2.05, 4.69) is 10.4 Å². The summed E-state index contributed by atoms with van der Waals surface area (Å²) in [5.74, 6) is 0.0287. The SMILES string of the molecule is CCOC(=O)c1cnn2ccc(NC(=O)CSC3CCCC3)cc12. The van der Waals surface area contributed by atoms with Crippen LogP contribution in [-0.2, 0) is 9.53 Å². The van der Waals surface area contributed by atoms with Gasteiger partial charge in [-0.25, -0.2) is 9.31 Å². The summed E-state index contributed by atoms with van der Waals surface area (Å²) in [5, 5.41) is 7.64. The minimum atomic E-state index is -0.409. The molecule has 0 bridgehead atoms. The van der Waals surface area contributed by atoms with Crippen LogP contribution in [0.25, 0.3) is 5.52 Å². The van der Waals surface area contributed by atoms with Crippen LogP contribution in [0.1, 0.15) is 43.0 Å². The summed E-state index contributed by atoms with van der Waals surface area (Å²) in [6.07, 6.45) is 8.17. The van der Waals surface area contributed by atoms with Crippen molar-refractivity contribution in [2.45, 2.75) is 37.9 Å². The molecule has 0 unspecified atom stereocenters. The molecule has 1 N–H and O–H groups in total. The van der Waals surface area contributed by atoms with Crippen LogP contribution in [-0.4, -0.2) is 39.1 Å². The number of esters is 1. The number of hydrogen-bond donors (Lipinski definition) is 1. The van der Waals surface area contributed by atoms with E-state index in [0.29, 0.717) is 34.4 Å². The summed E-state index contributed by atoms with van der Waals surface area (Å²) in [7, 11) is 0. The minimum absolute atomic E-state index is 0.0200. The summed E-state index contributed by atoms with van der Waals surface area (Å²) in [5.41, 5.74) is 1.67. The number of nitrogens with one attached hydrogen (secondary N) is 1. The molecule has 3 rings (SSSR count). The average Bonchev–Trinajstić information content (AvgIpc) is 3.22. The Bertz CT molecular complexity index is 738. The van der Waals surface area contributed by atoms with Crippen molar-refractivity contribution >= 4 is 34.8 Å². The van der Waals surface area contributed by atoms with E-state index in [9.17, 15) is 9.59 Å². The Kier molecular flexibility index (Phi) is 5.40. The molecule has 6 nitrogen and oxygen atoms in total. The molecule has 0 radical (unpaired) electrons. The number of rotatable bonds is 6. The topological polar surface area (TPSA) is 72.7 Å². The van der Waals surface area contributed by atoms with Crippen LogP contribution in [0.2, 0.25) is 0 Å². The second kappa shape index (κ2) is 7.70. The van der Waals surface area contributed by atoms with E-state index in [-0.39, 0.29) is 5.91 Å². The molecule has 2 aromatic rings. The summed E-state index contributed by atoms with van der Waals surface area (Å²) in [6.45, 7) is 2.07. The van der Waals surface area contributed by atoms with Gasteiger partial charge in [0.1, 0.15) is 5.56 Å². The lowest BCUT2D eigenvalue weighted by molar-refractivity contribution is -0.113. The fourth-order valence-corrected chi connectivity index (χ4v) is 4.00. The van der Waals surface area contributed by atoms with Crippen molar-refractivity contribution < 1.29 is 14.3 Å². The highest BCUT2D eigenvalue weighted by atomic mass is 32.2. The number of fused-ring (bicyclic) bond motifs is 1. The van der Waals surface area contributed by atoms with E-state index in [0.717, 1.165) is 0 Å². The normalized spacial score (nSPS) is 14.9. The van der Waals surface area contributed by atoms with Crippen LogP contribution in [0.4, 0.5) is 5.69 Å². The van der Waals surface area contributed by atoms with Crippen LogP contribution in [0.15, 0.2) is 24.5 Å². The van der Waals surface area contributed by atoms with Crippen LogP contribution in [0.5, 0.6) is 0 Å². The van der Waals surface area contributed by atoms with Gasteiger partial charge >= 0.3 is 5.97 Å². The predicted octanol–water partition coefficient (Wildman–Crippen LogP) is 3.13. The number of thioether (sulfide) groups is 1. The van der Waals surface area contributed by atoms with Crippen molar-refractivity contribution in [3.05, 3.63) is 30.1 Å². The Morgan fingerprint density at radius 3 is 2.96 bits per heavy atom. The van der Waals surface area contributed by atoms with Crippen molar-refractivity contribution in [1.82, 2.24) is 9.61 Å². The van der Waals surface area contributed by atoms with Gasteiger partial charge in [-0.05, 0) is 31.9 Å². The largest absolute Gasteiger partial charge is 0.462 e. The van der Waals surface area contributed by atoms with Gasteiger partial charge in [0, 0.05) is 17.1 Å². The molecule has 24 heavy (non-hydrogen) atoms. The molecular weight excluding hydrogens is 326 g/mol. The van der Waals surface area contributed by atoms with Gasteiger partial charge in [-0.3, -0.25) is 4.79 Å². The molecule has 7 heteroatoms. The van der Waals surface area contributed by atoms with Crippen LogP contribution < -0.4 is 5.32 Å². The van der Waals surface area contributed by atoms with Gasteiger partial charge in [-0.2, -0.15) is 5.10 Å². The zero-order chi connectivity index (χ0) is 16.9. The molecule has 1 aliphatic rings. The van der Waals surface area contributed by atoms with Crippen molar-refractivity contribution in [3.63, 3.8) is 0 Å². The third kappa shape index (κ3) is 3.90. The van der Waals surface area contributed by atoms with Gasteiger partial charge in [0.25, 0.3) is 0 Å². The molecular formula is C17H21N3O3S. The second-order valence-electron chi connectivity index (χ2n) is 5.79. The molecule has 2 heterocycles.